The molecule has 1 aromatic rings. The van der Waals surface area contributed by atoms with Crippen LogP contribution in [0.1, 0.15) is 25.3 Å². The molecule has 0 N–H and O–H groups in total. The molecule has 0 spiro atoms. The van der Waals surface area contributed by atoms with E-state index >= 15 is 0 Å². The molecule has 0 unspecified atom stereocenters. The summed E-state index contributed by atoms with van der Waals surface area (Å²) in [5.74, 6) is -0.162. The molecule has 0 radical (unpaired) electrons. The quantitative estimate of drug-likeness (QED) is 0.439. The van der Waals surface area contributed by atoms with Gasteiger partial charge in [-0.25, -0.2) is 4.79 Å². The van der Waals surface area contributed by atoms with Crippen LogP contribution in [-0.4, -0.2) is 32.0 Å². The second kappa shape index (κ2) is 6.32. The number of carbonyl (C=O) groups excluding carboxylic acids is 1. The van der Waals surface area contributed by atoms with E-state index in [0.29, 0.717) is 6.61 Å². The number of hydrogen-bond donors (Lipinski definition) is 0. The summed E-state index contributed by atoms with van der Waals surface area (Å²) in [6.45, 7) is 9.00. The molecule has 1 heterocycles. The third kappa shape index (κ3) is 3.74. The SMILES string of the molecule is CCOC(=O)[C@@]1(CCCc2ccccc2)O[C@H]1[Si](C)(C)C. The fraction of sp³-hybridized carbons (Fsp3) is 0.588. The molecule has 0 aliphatic carbocycles. The molecule has 1 aliphatic rings. The van der Waals surface area contributed by atoms with Crippen LogP contribution in [0, 0.1) is 0 Å². The molecule has 2 rings (SSSR count). The van der Waals surface area contributed by atoms with Gasteiger partial charge in [0.2, 0.25) is 0 Å². The van der Waals surface area contributed by atoms with Gasteiger partial charge in [0.05, 0.1) is 20.4 Å². The van der Waals surface area contributed by atoms with Gasteiger partial charge in [0.15, 0.2) is 5.60 Å². The zero-order valence-corrected chi connectivity index (χ0v) is 14.5. The summed E-state index contributed by atoms with van der Waals surface area (Å²) in [5, 5.41) is 0. The summed E-state index contributed by atoms with van der Waals surface area (Å²) in [6, 6.07) is 10.4. The normalized spacial score (nSPS) is 24.7. The minimum atomic E-state index is -1.50. The monoisotopic (exact) mass is 306 g/mol. The average molecular weight is 306 g/mol. The van der Waals surface area contributed by atoms with Crippen molar-refractivity contribution in [2.45, 2.75) is 57.2 Å². The van der Waals surface area contributed by atoms with Gasteiger partial charge in [-0.1, -0.05) is 50.0 Å². The van der Waals surface area contributed by atoms with Gasteiger partial charge in [0, 0.05) is 0 Å². The van der Waals surface area contributed by atoms with E-state index in [-0.39, 0.29) is 11.7 Å². The van der Waals surface area contributed by atoms with Crippen molar-refractivity contribution in [2.75, 3.05) is 6.61 Å². The van der Waals surface area contributed by atoms with Crippen LogP contribution in [0.2, 0.25) is 19.6 Å². The zero-order chi connectivity index (χ0) is 15.5. The maximum atomic E-state index is 12.3. The summed E-state index contributed by atoms with van der Waals surface area (Å²) < 4.78 is 11.2. The second-order valence-corrected chi connectivity index (χ2v) is 12.1. The lowest BCUT2D eigenvalue weighted by atomic mass is 10.00. The Morgan fingerprint density at radius 3 is 2.48 bits per heavy atom. The van der Waals surface area contributed by atoms with Crippen molar-refractivity contribution in [1.29, 1.82) is 0 Å². The lowest BCUT2D eigenvalue weighted by molar-refractivity contribution is -0.149. The fourth-order valence-electron chi connectivity index (χ4n) is 2.95. The third-order valence-corrected chi connectivity index (χ3v) is 6.12. The largest absolute Gasteiger partial charge is 0.464 e. The van der Waals surface area contributed by atoms with Gasteiger partial charge in [-0.2, -0.15) is 0 Å². The first-order chi connectivity index (χ1) is 9.90. The van der Waals surface area contributed by atoms with Crippen molar-refractivity contribution < 1.29 is 14.3 Å². The van der Waals surface area contributed by atoms with Crippen molar-refractivity contribution >= 4 is 14.0 Å². The number of rotatable bonds is 7. The molecule has 1 saturated heterocycles. The molecule has 21 heavy (non-hydrogen) atoms. The second-order valence-electron chi connectivity index (χ2n) is 6.81. The van der Waals surface area contributed by atoms with E-state index in [1.54, 1.807) is 0 Å². The maximum absolute atomic E-state index is 12.3. The maximum Gasteiger partial charge on any atom is 0.340 e. The van der Waals surface area contributed by atoms with Crippen molar-refractivity contribution in [2.24, 2.45) is 0 Å². The van der Waals surface area contributed by atoms with Gasteiger partial charge >= 0.3 is 5.97 Å². The number of esters is 1. The van der Waals surface area contributed by atoms with Gasteiger partial charge in [0.1, 0.15) is 0 Å². The van der Waals surface area contributed by atoms with Crippen LogP contribution in [-0.2, 0) is 20.7 Å². The van der Waals surface area contributed by atoms with Crippen LogP contribution in [0.5, 0.6) is 0 Å². The van der Waals surface area contributed by atoms with Crippen LogP contribution in [0.25, 0.3) is 0 Å². The summed E-state index contributed by atoms with van der Waals surface area (Å²) in [5.41, 5.74) is 0.747. The number of epoxide rings is 1. The summed E-state index contributed by atoms with van der Waals surface area (Å²) in [4.78, 5) is 12.3. The number of carbonyl (C=O) groups is 1. The van der Waals surface area contributed by atoms with Gasteiger partial charge in [-0.15, -0.1) is 0 Å². The highest BCUT2D eigenvalue weighted by Gasteiger charge is 2.67. The Labute approximate surface area is 128 Å². The van der Waals surface area contributed by atoms with Crippen molar-refractivity contribution in [3.05, 3.63) is 35.9 Å². The Morgan fingerprint density at radius 2 is 1.95 bits per heavy atom. The molecule has 0 amide bonds. The van der Waals surface area contributed by atoms with E-state index in [1.165, 1.54) is 5.56 Å². The van der Waals surface area contributed by atoms with Crippen LogP contribution in [0.4, 0.5) is 0 Å². The van der Waals surface area contributed by atoms with Gasteiger partial charge in [-0.05, 0) is 31.7 Å². The molecular weight excluding hydrogens is 280 g/mol. The molecule has 116 valence electrons. The molecule has 1 aliphatic heterocycles. The Bertz CT molecular complexity index is 481. The standard InChI is InChI=1S/C17H26O3Si/c1-5-19-15(18)17(16(20-17)21(2,3)4)13-9-12-14-10-7-6-8-11-14/h6-8,10-11,16H,5,9,12-13H2,1-4H3/t16-,17+/m0/s1. The predicted octanol–water partition coefficient (Wildman–Crippen LogP) is 3.59. The first kappa shape index (κ1) is 16.2. The van der Waals surface area contributed by atoms with Crippen LogP contribution in [0.3, 0.4) is 0 Å². The Kier molecular flexibility index (Phi) is 4.89. The molecule has 2 atom stereocenters. The minimum absolute atomic E-state index is 0.0971. The Morgan fingerprint density at radius 1 is 1.29 bits per heavy atom. The number of hydrogen-bond acceptors (Lipinski definition) is 3. The highest BCUT2D eigenvalue weighted by molar-refractivity contribution is 6.78. The predicted molar refractivity (Wildman–Crippen MR) is 87.0 cm³/mol. The molecule has 0 aromatic heterocycles. The number of benzene rings is 1. The lowest BCUT2D eigenvalue weighted by Crippen LogP contribution is -2.40. The Hall–Kier alpha value is -1.13. The molecule has 0 saturated carbocycles. The van der Waals surface area contributed by atoms with E-state index in [4.69, 9.17) is 9.47 Å². The van der Waals surface area contributed by atoms with Gasteiger partial charge in [-0.3, -0.25) is 0 Å². The van der Waals surface area contributed by atoms with E-state index in [0.717, 1.165) is 19.3 Å². The average Bonchev–Trinajstić information content (AvgIpc) is 3.17. The van der Waals surface area contributed by atoms with Crippen molar-refractivity contribution in [3.63, 3.8) is 0 Å². The molecule has 3 nitrogen and oxygen atoms in total. The fourth-order valence-corrected chi connectivity index (χ4v) is 5.18. The van der Waals surface area contributed by atoms with Crippen LogP contribution in [0.15, 0.2) is 30.3 Å². The van der Waals surface area contributed by atoms with Crippen LogP contribution < -0.4 is 0 Å². The summed E-state index contributed by atoms with van der Waals surface area (Å²) in [6.07, 6.45) is 2.68. The summed E-state index contributed by atoms with van der Waals surface area (Å²) in [7, 11) is -1.50. The third-order valence-electron chi connectivity index (χ3n) is 3.96. The highest BCUT2D eigenvalue weighted by Crippen LogP contribution is 2.47. The molecule has 1 fully saturated rings. The molecule has 4 heteroatoms. The first-order valence-corrected chi connectivity index (χ1v) is 11.4. The van der Waals surface area contributed by atoms with E-state index in [9.17, 15) is 4.79 Å². The minimum Gasteiger partial charge on any atom is -0.464 e. The Balaban J connectivity index is 1.97. The van der Waals surface area contributed by atoms with E-state index in [1.807, 2.05) is 13.0 Å². The van der Waals surface area contributed by atoms with E-state index in [2.05, 4.69) is 43.9 Å². The first-order valence-electron chi connectivity index (χ1n) is 7.79. The number of ether oxygens (including phenoxy) is 2. The lowest BCUT2D eigenvalue weighted by Gasteiger charge is -2.17. The van der Waals surface area contributed by atoms with Crippen molar-refractivity contribution in [3.8, 4) is 0 Å². The highest BCUT2D eigenvalue weighted by atomic mass is 28.3. The zero-order valence-electron chi connectivity index (χ0n) is 13.5. The van der Waals surface area contributed by atoms with Gasteiger partial charge < -0.3 is 9.47 Å². The summed E-state index contributed by atoms with van der Waals surface area (Å²) >= 11 is 0. The molecular formula is C17H26O3Si. The topological polar surface area (TPSA) is 38.8 Å². The van der Waals surface area contributed by atoms with Gasteiger partial charge in [0.25, 0.3) is 0 Å². The molecule has 0 bridgehead atoms. The van der Waals surface area contributed by atoms with E-state index < -0.39 is 13.7 Å². The number of aryl methyl sites for hydroxylation is 1. The molecule has 1 aromatic carbocycles. The van der Waals surface area contributed by atoms with Crippen LogP contribution >= 0.6 is 0 Å². The smallest absolute Gasteiger partial charge is 0.340 e. The van der Waals surface area contributed by atoms with Crippen molar-refractivity contribution in [1.82, 2.24) is 0 Å².